The van der Waals surface area contributed by atoms with Gasteiger partial charge in [0.05, 0.1) is 11.3 Å². The molecule has 0 saturated carbocycles. The molecule has 3 heterocycles. The van der Waals surface area contributed by atoms with Crippen molar-refractivity contribution in [3.63, 3.8) is 0 Å². The van der Waals surface area contributed by atoms with E-state index in [4.69, 9.17) is 5.11 Å². The van der Waals surface area contributed by atoms with E-state index in [1.165, 1.54) is 30.5 Å². The number of hydrogen-bond acceptors (Lipinski definition) is 5. The molecule has 122 valence electrons. The van der Waals surface area contributed by atoms with Crippen molar-refractivity contribution < 1.29 is 23.5 Å². The molecule has 0 spiro atoms. The van der Waals surface area contributed by atoms with Gasteiger partial charge in [-0.15, -0.1) is 10.2 Å². The van der Waals surface area contributed by atoms with Crippen LogP contribution in [0.1, 0.15) is 33.1 Å². The van der Waals surface area contributed by atoms with Crippen molar-refractivity contribution in [3.05, 3.63) is 53.7 Å². The molecule has 2 N–H and O–H groups in total. The minimum Gasteiger partial charge on any atom is -0.476 e. The number of fused-ring (bicyclic) bond motifs is 1. The molecule has 1 amide bonds. The van der Waals surface area contributed by atoms with Crippen LogP contribution in [0.25, 0.3) is 5.65 Å². The summed E-state index contributed by atoms with van der Waals surface area (Å²) in [7, 11) is 0. The number of anilines is 1. The number of carboxylic acids is 1. The highest BCUT2D eigenvalue weighted by atomic mass is 19.3. The van der Waals surface area contributed by atoms with Crippen LogP contribution in [0.4, 0.5) is 14.5 Å². The number of alkyl halides is 2. The second-order valence-electron chi connectivity index (χ2n) is 4.66. The van der Waals surface area contributed by atoms with Crippen molar-refractivity contribution in [1.29, 1.82) is 0 Å². The highest BCUT2D eigenvalue weighted by Crippen LogP contribution is 2.19. The number of halogens is 2. The average molecular weight is 333 g/mol. The first kappa shape index (κ1) is 15.5. The molecule has 0 aromatic carbocycles. The fourth-order valence-electron chi connectivity index (χ4n) is 2.06. The molecular formula is C14H9F2N5O3. The number of carboxylic acid groups (broad SMARTS) is 1. The first-order chi connectivity index (χ1) is 11.5. The van der Waals surface area contributed by atoms with Gasteiger partial charge in [-0.2, -0.15) is 0 Å². The molecule has 3 rings (SSSR count). The Bertz CT molecular complexity index is 941. The number of amides is 1. The summed E-state index contributed by atoms with van der Waals surface area (Å²) in [5.41, 5.74) is -0.142. The van der Waals surface area contributed by atoms with Gasteiger partial charge in [-0.3, -0.25) is 9.20 Å². The minimum absolute atomic E-state index is 0.00654. The zero-order chi connectivity index (χ0) is 17.3. The highest BCUT2D eigenvalue weighted by Gasteiger charge is 2.18. The number of carbonyl (C=O) groups excluding carboxylic acids is 1. The molecule has 0 saturated heterocycles. The molecule has 24 heavy (non-hydrogen) atoms. The normalized spacial score (nSPS) is 11.0. The largest absolute Gasteiger partial charge is 0.476 e. The summed E-state index contributed by atoms with van der Waals surface area (Å²) in [5, 5.41) is 18.4. The van der Waals surface area contributed by atoms with Gasteiger partial charge in [-0.1, -0.05) is 0 Å². The van der Waals surface area contributed by atoms with E-state index in [-0.39, 0.29) is 22.6 Å². The Labute approximate surface area is 132 Å². The number of aromatic nitrogens is 4. The van der Waals surface area contributed by atoms with Crippen molar-refractivity contribution in [3.8, 4) is 0 Å². The van der Waals surface area contributed by atoms with Crippen LogP contribution in [0.3, 0.4) is 0 Å². The number of carbonyl (C=O) groups is 2. The lowest BCUT2D eigenvalue weighted by atomic mass is 10.2. The van der Waals surface area contributed by atoms with Crippen molar-refractivity contribution in [1.82, 2.24) is 19.6 Å². The van der Waals surface area contributed by atoms with Crippen LogP contribution in [-0.2, 0) is 0 Å². The predicted molar refractivity (Wildman–Crippen MR) is 77.1 cm³/mol. The summed E-state index contributed by atoms with van der Waals surface area (Å²) in [6.07, 6.45) is -0.421. The Morgan fingerprint density at radius 1 is 1.21 bits per heavy atom. The van der Waals surface area contributed by atoms with E-state index in [1.54, 1.807) is 0 Å². The van der Waals surface area contributed by atoms with Crippen LogP contribution in [0.15, 0.2) is 36.7 Å². The summed E-state index contributed by atoms with van der Waals surface area (Å²) >= 11 is 0. The number of rotatable bonds is 4. The Hall–Kier alpha value is -3.43. The summed E-state index contributed by atoms with van der Waals surface area (Å²) in [6.45, 7) is 0. The number of hydrogen-bond donors (Lipinski definition) is 2. The lowest BCUT2D eigenvalue weighted by molar-refractivity contribution is 0.0691. The van der Waals surface area contributed by atoms with Crippen LogP contribution in [0.2, 0.25) is 0 Å². The van der Waals surface area contributed by atoms with E-state index in [2.05, 4.69) is 20.5 Å². The number of aromatic carboxylic acids is 1. The van der Waals surface area contributed by atoms with E-state index in [1.807, 2.05) is 0 Å². The second-order valence-corrected chi connectivity index (χ2v) is 4.66. The molecule has 0 radical (unpaired) electrons. The van der Waals surface area contributed by atoms with Crippen LogP contribution in [0.5, 0.6) is 0 Å². The molecule has 0 atom stereocenters. The zero-order valence-electron chi connectivity index (χ0n) is 11.8. The molecule has 10 heteroatoms. The van der Waals surface area contributed by atoms with Gasteiger partial charge >= 0.3 is 5.97 Å². The topological polar surface area (TPSA) is 109 Å². The monoisotopic (exact) mass is 333 g/mol. The van der Waals surface area contributed by atoms with Gasteiger partial charge in [0.15, 0.2) is 11.3 Å². The molecule has 0 bridgehead atoms. The Morgan fingerprint density at radius 3 is 2.71 bits per heavy atom. The Kier molecular flexibility index (Phi) is 3.86. The molecule has 0 aliphatic heterocycles. The SMILES string of the molecule is O=C(Nc1cccnc1C(=O)O)c1ccc2nnc(C(F)F)n2c1. The van der Waals surface area contributed by atoms with Crippen LogP contribution >= 0.6 is 0 Å². The molecule has 8 nitrogen and oxygen atoms in total. The molecule has 0 unspecified atom stereocenters. The third-order valence-electron chi connectivity index (χ3n) is 3.14. The van der Waals surface area contributed by atoms with Gasteiger partial charge in [-0.25, -0.2) is 18.6 Å². The number of nitrogens with one attached hydrogen (secondary N) is 1. The van der Waals surface area contributed by atoms with E-state index in [0.717, 1.165) is 10.6 Å². The van der Waals surface area contributed by atoms with Gasteiger partial charge in [0.1, 0.15) is 0 Å². The van der Waals surface area contributed by atoms with Crippen LogP contribution in [0, 0.1) is 0 Å². The average Bonchev–Trinajstić information content (AvgIpc) is 2.98. The van der Waals surface area contributed by atoms with E-state index in [9.17, 15) is 18.4 Å². The first-order valence-corrected chi connectivity index (χ1v) is 6.60. The Balaban J connectivity index is 1.95. The summed E-state index contributed by atoms with van der Waals surface area (Å²) in [5.74, 6) is -2.58. The fourth-order valence-corrected chi connectivity index (χ4v) is 2.06. The van der Waals surface area contributed by atoms with Gasteiger partial charge < -0.3 is 10.4 Å². The molecule has 0 aliphatic rings. The van der Waals surface area contributed by atoms with Crippen LogP contribution in [-0.4, -0.2) is 36.6 Å². The van der Waals surface area contributed by atoms with Crippen molar-refractivity contribution >= 4 is 23.2 Å². The van der Waals surface area contributed by atoms with Gasteiger partial charge in [0, 0.05) is 12.4 Å². The van der Waals surface area contributed by atoms with E-state index >= 15 is 0 Å². The minimum atomic E-state index is -2.85. The van der Waals surface area contributed by atoms with Crippen LogP contribution < -0.4 is 5.32 Å². The molecule has 3 aromatic heterocycles. The molecule has 3 aromatic rings. The van der Waals surface area contributed by atoms with Gasteiger partial charge in [-0.05, 0) is 24.3 Å². The predicted octanol–water partition coefficient (Wildman–Crippen LogP) is 2.01. The standard InChI is InChI=1S/C14H9F2N5O3/c15-11(16)12-20-19-9-4-3-7(6-21(9)12)13(22)18-8-2-1-5-17-10(8)14(23)24/h1-6,11H,(H,18,22)(H,23,24). The second kappa shape index (κ2) is 5.99. The Morgan fingerprint density at radius 2 is 2.00 bits per heavy atom. The summed E-state index contributed by atoms with van der Waals surface area (Å²) < 4.78 is 26.7. The first-order valence-electron chi connectivity index (χ1n) is 6.60. The molecule has 0 aliphatic carbocycles. The summed E-state index contributed by atoms with van der Waals surface area (Å²) in [4.78, 5) is 27.0. The number of nitrogens with zero attached hydrogens (tertiary/aromatic N) is 4. The van der Waals surface area contributed by atoms with E-state index < -0.39 is 24.1 Å². The molecular weight excluding hydrogens is 324 g/mol. The number of pyridine rings is 2. The van der Waals surface area contributed by atoms with Crippen molar-refractivity contribution in [2.24, 2.45) is 0 Å². The lowest BCUT2D eigenvalue weighted by Crippen LogP contribution is -2.16. The maximum absolute atomic E-state index is 12.9. The quantitative estimate of drug-likeness (QED) is 0.756. The smallest absolute Gasteiger partial charge is 0.356 e. The summed E-state index contributed by atoms with van der Waals surface area (Å²) in [6, 6.07) is 5.55. The van der Waals surface area contributed by atoms with Gasteiger partial charge in [0.25, 0.3) is 12.3 Å². The zero-order valence-corrected chi connectivity index (χ0v) is 11.8. The third kappa shape index (κ3) is 2.76. The fraction of sp³-hybridized carbons (Fsp3) is 0.0714. The van der Waals surface area contributed by atoms with Crippen molar-refractivity contribution in [2.45, 2.75) is 6.43 Å². The highest BCUT2D eigenvalue weighted by molar-refractivity contribution is 6.07. The maximum Gasteiger partial charge on any atom is 0.356 e. The molecule has 0 fully saturated rings. The van der Waals surface area contributed by atoms with E-state index in [0.29, 0.717) is 0 Å². The van der Waals surface area contributed by atoms with Gasteiger partial charge in [0.2, 0.25) is 5.82 Å². The lowest BCUT2D eigenvalue weighted by Gasteiger charge is -2.08. The maximum atomic E-state index is 12.9. The third-order valence-corrected chi connectivity index (χ3v) is 3.14. The van der Waals surface area contributed by atoms with Crippen molar-refractivity contribution in [2.75, 3.05) is 5.32 Å².